The molecule has 0 unspecified atom stereocenters. The van der Waals surface area contributed by atoms with Crippen LogP contribution in [0.1, 0.15) is 48.7 Å². The molecule has 0 atom stereocenters. The van der Waals surface area contributed by atoms with Crippen LogP contribution >= 0.6 is 23.8 Å². The van der Waals surface area contributed by atoms with Crippen molar-refractivity contribution in [3.63, 3.8) is 0 Å². The maximum atomic E-state index is 12.2. The van der Waals surface area contributed by atoms with E-state index < -0.39 is 0 Å². The first kappa shape index (κ1) is 21.9. The molecule has 2 aromatic rings. The molecule has 3 N–H and O–H groups in total. The molecule has 5 nitrogen and oxygen atoms in total. The van der Waals surface area contributed by atoms with E-state index in [9.17, 15) is 9.59 Å². The summed E-state index contributed by atoms with van der Waals surface area (Å²) in [6.07, 6.45) is 0.731. The zero-order chi connectivity index (χ0) is 20.7. The Labute approximate surface area is 175 Å². The Morgan fingerprint density at radius 1 is 1.00 bits per heavy atom. The van der Waals surface area contributed by atoms with Gasteiger partial charge < -0.3 is 5.32 Å². The van der Waals surface area contributed by atoms with E-state index in [2.05, 4.69) is 36.9 Å². The van der Waals surface area contributed by atoms with Gasteiger partial charge in [0.1, 0.15) is 0 Å². The van der Waals surface area contributed by atoms with Gasteiger partial charge in [-0.2, -0.15) is 0 Å². The first-order chi connectivity index (χ1) is 13.2. The second-order valence-corrected chi connectivity index (χ2v) is 8.19. The van der Waals surface area contributed by atoms with Crippen LogP contribution in [-0.4, -0.2) is 16.9 Å². The van der Waals surface area contributed by atoms with E-state index in [-0.39, 0.29) is 28.8 Å². The summed E-state index contributed by atoms with van der Waals surface area (Å²) in [6.45, 7) is 6.32. The molecule has 0 aliphatic heterocycles. The monoisotopic (exact) mass is 417 g/mol. The average molecular weight is 418 g/mol. The van der Waals surface area contributed by atoms with Crippen molar-refractivity contribution in [3.05, 3.63) is 70.2 Å². The van der Waals surface area contributed by atoms with Gasteiger partial charge >= 0.3 is 0 Å². The molecule has 0 fully saturated rings. The zero-order valence-electron chi connectivity index (χ0n) is 16.1. The maximum absolute atomic E-state index is 12.2. The summed E-state index contributed by atoms with van der Waals surface area (Å²) in [6, 6.07) is 14.7. The number of thiocarbonyl (C=S) groups is 1. The minimum absolute atomic E-state index is 0.0169. The van der Waals surface area contributed by atoms with Crippen molar-refractivity contribution in [2.24, 2.45) is 0 Å². The molecule has 7 heteroatoms. The van der Waals surface area contributed by atoms with E-state index in [1.807, 2.05) is 30.3 Å². The normalized spacial score (nSPS) is 10.9. The first-order valence-electron chi connectivity index (χ1n) is 8.91. The highest BCUT2D eigenvalue weighted by molar-refractivity contribution is 7.80. The van der Waals surface area contributed by atoms with E-state index in [1.54, 1.807) is 18.2 Å². The number of amides is 2. The molecule has 148 valence electrons. The number of benzene rings is 2. The quantitative estimate of drug-likeness (QED) is 0.521. The summed E-state index contributed by atoms with van der Waals surface area (Å²) in [5.74, 6) is -0.602. The predicted octanol–water partition coefficient (Wildman–Crippen LogP) is 3.91. The van der Waals surface area contributed by atoms with Gasteiger partial charge in [-0.3, -0.25) is 20.4 Å². The number of rotatable bonds is 4. The predicted molar refractivity (Wildman–Crippen MR) is 116 cm³/mol. The lowest BCUT2D eigenvalue weighted by Gasteiger charge is -2.19. The lowest BCUT2D eigenvalue weighted by atomic mass is 9.87. The lowest BCUT2D eigenvalue weighted by molar-refractivity contribution is -0.119. The molecule has 28 heavy (non-hydrogen) atoms. The van der Waals surface area contributed by atoms with E-state index >= 15 is 0 Å². The minimum atomic E-state index is -0.340. The fourth-order valence-electron chi connectivity index (χ4n) is 2.48. The number of halogens is 1. The molecule has 0 aromatic heterocycles. The summed E-state index contributed by atoms with van der Waals surface area (Å²) in [5, 5.41) is 3.19. The number of nitrogens with one attached hydrogen (secondary N) is 3. The van der Waals surface area contributed by atoms with Gasteiger partial charge in [0, 0.05) is 17.0 Å². The number of hydrazine groups is 1. The van der Waals surface area contributed by atoms with Crippen molar-refractivity contribution in [1.29, 1.82) is 0 Å². The summed E-state index contributed by atoms with van der Waals surface area (Å²) >= 11 is 11.1. The molecule has 0 heterocycles. The van der Waals surface area contributed by atoms with Crippen LogP contribution in [0.4, 0.5) is 0 Å². The van der Waals surface area contributed by atoms with Crippen molar-refractivity contribution in [2.75, 3.05) is 0 Å². The summed E-state index contributed by atoms with van der Waals surface area (Å²) in [5.41, 5.74) is 7.56. The molecule has 0 saturated heterocycles. The van der Waals surface area contributed by atoms with E-state index in [4.69, 9.17) is 23.8 Å². The highest BCUT2D eigenvalue weighted by atomic mass is 35.5. The Balaban J connectivity index is 1.77. The standard InChI is InChI=1S/C21H24ClN3O2S/c1-21(2,3)16-11-8-15(9-12-16)19(27)24-25-20(28)23-18(26)13-10-14-6-4-5-7-17(14)22/h4-9,11-12H,10,13H2,1-3H3,(H,24,27)(H2,23,25,26,28). The van der Waals surface area contributed by atoms with Crippen LogP contribution in [0.25, 0.3) is 0 Å². The number of carbonyl (C=O) groups excluding carboxylic acids is 2. The van der Waals surface area contributed by atoms with Gasteiger partial charge in [0.25, 0.3) is 5.91 Å². The number of carbonyl (C=O) groups is 2. The molecular formula is C21H24ClN3O2S. The Morgan fingerprint density at radius 2 is 1.64 bits per heavy atom. The SMILES string of the molecule is CC(C)(C)c1ccc(C(=O)NNC(=S)NC(=O)CCc2ccccc2Cl)cc1. The Morgan fingerprint density at radius 3 is 2.25 bits per heavy atom. The Kier molecular flexibility index (Phi) is 7.54. The summed E-state index contributed by atoms with van der Waals surface area (Å²) < 4.78 is 0. The van der Waals surface area contributed by atoms with Gasteiger partial charge in [0.05, 0.1) is 0 Å². The topological polar surface area (TPSA) is 70.2 Å². The average Bonchev–Trinajstić information content (AvgIpc) is 2.65. The summed E-state index contributed by atoms with van der Waals surface area (Å²) in [7, 11) is 0. The van der Waals surface area contributed by atoms with Gasteiger partial charge in [-0.25, -0.2) is 0 Å². The molecule has 0 bridgehead atoms. The van der Waals surface area contributed by atoms with Crippen molar-refractivity contribution >= 4 is 40.7 Å². The Hall–Kier alpha value is -2.44. The fraction of sp³-hybridized carbons (Fsp3) is 0.286. The molecule has 0 aliphatic carbocycles. The van der Waals surface area contributed by atoms with Crippen LogP contribution in [0.2, 0.25) is 5.02 Å². The number of hydrogen-bond donors (Lipinski definition) is 3. The van der Waals surface area contributed by atoms with Crippen molar-refractivity contribution in [3.8, 4) is 0 Å². The third-order valence-corrected chi connectivity index (χ3v) is 4.71. The molecule has 2 aromatic carbocycles. The fourth-order valence-corrected chi connectivity index (χ4v) is 2.87. The number of hydrogen-bond acceptors (Lipinski definition) is 3. The molecule has 2 amide bonds. The van der Waals surface area contributed by atoms with Crippen LogP contribution < -0.4 is 16.2 Å². The van der Waals surface area contributed by atoms with E-state index in [1.165, 1.54) is 0 Å². The second-order valence-electron chi connectivity index (χ2n) is 7.38. The van der Waals surface area contributed by atoms with Crippen molar-refractivity contribution < 1.29 is 9.59 Å². The molecule has 0 radical (unpaired) electrons. The third-order valence-electron chi connectivity index (χ3n) is 4.13. The highest BCUT2D eigenvalue weighted by Crippen LogP contribution is 2.22. The smallest absolute Gasteiger partial charge is 0.269 e. The van der Waals surface area contributed by atoms with Gasteiger partial charge in [0.2, 0.25) is 5.91 Å². The van der Waals surface area contributed by atoms with Crippen LogP contribution in [0.3, 0.4) is 0 Å². The minimum Gasteiger partial charge on any atom is -0.302 e. The molecule has 0 saturated carbocycles. The highest BCUT2D eigenvalue weighted by Gasteiger charge is 2.14. The first-order valence-corrected chi connectivity index (χ1v) is 9.69. The van der Waals surface area contributed by atoms with E-state index in [0.29, 0.717) is 17.0 Å². The van der Waals surface area contributed by atoms with Crippen LogP contribution in [0, 0.1) is 0 Å². The van der Waals surface area contributed by atoms with Gasteiger partial charge in [-0.1, -0.05) is 62.7 Å². The third kappa shape index (κ3) is 6.62. The maximum Gasteiger partial charge on any atom is 0.269 e. The van der Waals surface area contributed by atoms with E-state index in [0.717, 1.165) is 11.1 Å². The molecule has 0 spiro atoms. The van der Waals surface area contributed by atoms with Gasteiger partial charge in [-0.05, 0) is 53.4 Å². The summed E-state index contributed by atoms with van der Waals surface area (Å²) in [4.78, 5) is 24.2. The molecule has 0 aliphatic rings. The van der Waals surface area contributed by atoms with Crippen molar-refractivity contribution in [1.82, 2.24) is 16.2 Å². The van der Waals surface area contributed by atoms with Crippen LogP contribution in [0.15, 0.2) is 48.5 Å². The molecular weight excluding hydrogens is 394 g/mol. The number of aryl methyl sites for hydroxylation is 1. The second kappa shape index (κ2) is 9.66. The van der Waals surface area contributed by atoms with Crippen LogP contribution in [0.5, 0.6) is 0 Å². The van der Waals surface area contributed by atoms with Gasteiger partial charge in [-0.15, -0.1) is 0 Å². The molecule has 2 rings (SSSR count). The lowest BCUT2D eigenvalue weighted by Crippen LogP contribution is -2.48. The largest absolute Gasteiger partial charge is 0.302 e. The Bertz CT molecular complexity index is 861. The van der Waals surface area contributed by atoms with Crippen LogP contribution in [-0.2, 0) is 16.6 Å². The zero-order valence-corrected chi connectivity index (χ0v) is 17.7. The van der Waals surface area contributed by atoms with Crippen molar-refractivity contribution in [2.45, 2.75) is 39.0 Å². The van der Waals surface area contributed by atoms with Gasteiger partial charge in [0.15, 0.2) is 5.11 Å².